The number of H-pyrrole nitrogens is 1. The number of carbonyl (C=O) groups is 1. The van der Waals surface area contributed by atoms with Gasteiger partial charge in [0.05, 0.1) is 22.8 Å². The average molecular weight is 387 g/mol. The van der Waals surface area contributed by atoms with Crippen LogP contribution in [0.3, 0.4) is 0 Å². The number of hydrogen-bond donors (Lipinski definition) is 2. The molecule has 0 aliphatic carbocycles. The molecule has 0 unspecified atom stereocenters. The fourth-order valence-corrected chi connectivity index (χ4v) is 3.19. The SMILES string of the molecule is CC(C)N(C)c1nc2cc(C(=O)O)c(-c3cn[nH]c3)cc2nc1-c1ccccc1. The van der Waals surface area contributed by atoms with Crippen molar-refractivity contribution in [2.24, 2.45) is 0 Å². The van der Waals surface area contributed by atoms with Crippen molar-refractivity contribution in [2.45, 2.75) is 19.9 Å². The lowest BCUT2D eigenvalue weighted by molar-refractivity contribution is 0.0698. The highest BCUT2D eigenvalue weighted by atomic mass is 16.4. The van der Waals surface area contributed by atoms with Crippen LogP contribution >= 0.6 is 0 Å². The predicted octanol–water partition coefficient (Wildman–Crippen LogP) is 4.23. The maximum Gasteiger partial charge on any atom is 0.336 e. The molecule has 0 radical (unpaired) electrons. The Morgan fingerprint density at radius 1 is 1.07 bits per heavy atom. The Labute approximate surface area is 168 Å². The molecule has 0 amide bonds. The van der Waals surface area contributed by atoms with Gasteiger partial charge in [-0.2, -0.15) is 5.10 Å². The van der Waals surface area contributed by atoms with Crippen LogP contribution in [0.25, 0.3) is 33.4 Å². The molecule has 2 heterocycles. The van der Waals surface area contributed by atoms with Crippen molar-refractivity contribution in [3.8, 4) is 22.4 Å². The van der Waals surface area contributed by atoms with Gasteiger partial charge in [-0.3, -0.25) is 5.10 Å². The number of carboxylic acid groups (broad SMARTS) is 1. The number of anilines is 1. The molecular weight excluding hydrogens is 366 g/mol. The summed E-state index contributed by atoms with van der Waals surface area (Å²) >= 11 is 0. The zero-order chi connectivity index (χ0) is 20.5. The zero-order valence-electron chi connectivity index (χ0n) is 16.4. The summed E-state index contributed by atoms with van der Waals surface area (Å²) in [5.41, 5.74) is 4.29. The molecule has 0 saturated carbocycles. The summed E-state index contributed by atoms with van der Waals surface area (Å²) < 4.78 is 0. The van der Waals surface area contributed by atoms with E-state index in [-0.39, 0.29) is 11.6 Å². The van der Waals surface area contributed by atoms with Crippen molar-refractivity contribution in [1.29, 1.82) is 0 Å². The van der Waals surface area contributed by atoms with Crippen LogP contribution in [0, 0.1) is 0 Å². The molecule has 0 saturated heterocycles. The van der Waals surface area contributed by atoms with E-state index in [1.165, 1.54) is 0 Å². The van der Waals surface area contributed by atoms with Crippen LogP contribution in [-0.4, -0.2) is 44.3 Å². The fourth-order valence-electron chi connectivity index (χ4n) is 3.19. The van der Waals surface area contributed by atoms with E-state index in [4.69, 9.17) is 9.97 Å². The predicted molar refractivity (Wildman–Crippen MR) is 113 cm³/mol. The maximum absolute atomic E-state index is 11.9. The molecular formula is C22H21N5O2. The standard InChI is InChI=1S/C22H21N5O2/c1-13(2)27(3)21-20(14-7-5-4-6-8-14)25-18-9-16(15-11-23-24-12-15)17(22(28)29)10-19(18)26-21/h4-13H,1-3H3,(H,23,24)(H,28,29). The summed E-state index contributed by atoms with van der Waals surface area (Å²) in [5.74, 6) is -0.304. The van der Waals surface area contributed by atoms with E-state index >= 15 is 0 Å². The van der Waals surface area contributed by atoms with Gasteiger partial charge in [0.1, 0.15) is 5.69 Å². The first-order valence-electron chi connectivity index (χ1n) is 9.32. The highest BCUT2D eigenvalue weighted by Gasteiger charge is 2.20. The van der Waals surface area contributed by atoms with Gasteiger partial charge in [-0.25, -0.2) is 14.8 Å². The summed E-state index contributed by atoms with van der Waals surface area (Å²) in [6, 6.07) is 13.4. The molecule has 0 spiro atoms. The van der Waals surface area contributed by atoms with Gasteiger partial charge in [0.25, 0.3) is 0 Å². The van der Waals surface area contributed by atoms with E-state index in [9.17, 15) is 9.90 Å². The molecule has 0 atom stereocenters. The third-order valence-corrected chi connectivity index (χ3v) is 4.98. The quantitative estimate of drug-likeness (QED) is 0.532. The first kappa shape index (κ1) is 18.6. The molecule has 2 aromatic heterocycles. The molecule has 2 aromatic carbocycles. The van der Waals surface area contributed by atoms with Gasteiger partial charge in [0.15, 0.2) is 5.82 Å². The van der Waals surface area contributed by atoms with Crippen molar-refractivity contribution in [3.05, 3.63) is 60.4 Å². The van der Waals surface area contributed by atoms with E-state index < -0.39 is 5.97 Å². The van der Waals surface area contributed by atoms with Gasteiger partial charge in [-0.1, -0.05) is 30.3 Å². The van der Waals surface area contributed by atoms with Crippen LogP contribution in [0.2, 0.25) is 0 Å². The third kappa shape index (κ3) is 3.42. The molecule has 0 fully saturated rings. The summed E-state index contributed by atoms with van der Waals surface area (Å²) in [6.07, 6.45) is 3.26. The van der Waals surface area contributed by atoms with E-state index in [2.05, 4.69) is 24.0 Å². The number of nitrogens with one attached hydrogen (secondary N) is 1. The molecule has 2 N–H and O–H groups in total. The number of aromatic amines is 1. The van der Waals surface area contributed by atoms with Gasteiger partial charge >= 0.3 is 5.97 Å². The van der Waals surface area contributed by atoms with E-state index in [1.54, 1.807) is 24.5 Å². The lowest BCUT2D eigenvalue weighted by atomic mass is 10.0. The second-order valence-electron chi connectivity index (χ2n) is 7.15. The number of carboxylic acids is 1. The van der Waals surface area contributed by atoms with Crippen LogP contribution in [-0.2, 0) is 0 Å². The second-order valence-corrected chi connectivity index (χ2v) is 7.15. The highest BCUT2D eigenvalue weighted by Crippen LogP contribution is 2.33. The summed E-state index contributed by atoms with van der Waals surface area (Å²) in [4.78, 5) is 23.6. The second kappa shape index (κ2) is 7.35. The van der Waals surface area contributed by atoms with Gasteiger partial charge in [-0.05, 0) is 26.0 Å². The molecule has 0 bridgehead atoms. The number of aromatic nitrogens is 4. The van der Waals surface area contributed by atoms with Gasteiger partial charge in [-0.15, -0.1) is 0 Å². The van der Waals surface area contributed by atoms with Gasteiger partial charge in [0.2, 0.25) is 0 Å². The molecule has 4 rings (SSSR count). The first-order chi connectivity index (χ1) is 14.0. The normalized spacial score (nSPS) is 11.2. The van der Waals surface area contributed by atoms with Crippen molar-refractivity contribution in [1.82, 2.24) is 20.2 Å². The van der Waals surface area contributed by atoms with Crippen LogP contribution in [0.4, 0.5) is 5.82 Å². The minimum absolute atomic E-state index is 0.166. The Balaban J connectivity index is 2.02. The zero-order valence-corrected chi connectivity index (χ0v) is 16.4. The Kier molecular flexibility index (Phi) is 4.72. The minimum atomic E-state index is -1.02. The molecule has 29 heavy (non-hydrogen) atoms. The molecule has 7 nitrogen and oxygen atoms in total. The van der Waals surface area contributed by atoms with Crippen LogP contribution in [0.15, 0.2) is 54.9 Å². The molecule has 4 aromatic rings. The maximum atomic E-state index is 11.9. The van der Waals surface area contributed by atoms with Crippen LogP contribution < -0.4 is 4.90 Å². The Morgan fingerprint density at radius 2 is 1.79 bits per heavy atom. The summed E-state index contributed by atoms with van der Waals surface area (Å²) in [6.45, 7) is 4.15. The van der Waals surface area contributed by atoms with Crippen molar-refractivity contribution in [2.75, 3.05) is 11.9 Å². The van der Waals surface area contributed by atoms with E-state index in [0.717, 1.165) is 11.3 Å². The third-order valence-electron chi connectivity index (χ3n) is 4.98. The van der Waals surface area contributed by atoms with Crippen LogP contribution in [0.5, 0.6) is 0 Å². The largest absolute Gasteiger partial charge is 0.478 e. The topological polar surface area (TPSA) is 95.0 Å². The van der Waals surface area contributed by atoms with Crippen molar-refractivity contribution in [3.63, 3.8) is 0 Å². The van der Waals surface area contributed by atoms with Crippen LogP contribution in [0.1, 0.15) is 24.2 Å². The molecule has 0 aliphatic heterocycles. The van der Waals surface area contributed by atoms with Crippen molar-refractivity contribution >= 4 is 22.8 Å². The van der Waals surface area contributed by atoms with E-state index in [0.29, 0.717) is 28.0 Å². The minimum Gasteiger partial charge on any atom is -0.478 e. The molecule has 7 heteroatoms. The Hall–Kier alpha value is -3.74. The smallest absolute Gasteiger partial charge is 0.336 e. The van der Waals surface area contributed by atoms with E-state index in [1.807, 2.05) is 42.3 Å². The fraction of sp³-hybridized carbons (Fsp3) is 0.182. The number of rotatable bonds is 5. The number of nitrogens with zero attached hydrogens (tertiary/aromatic N) is 4. The Bertz CT molecular complexity index is 1170. The monoisotopic (exact) mass is 387 g/mol. The molecule has 0 aliphatic rings. The van der Waals surface area contributed by atoms with Gasteiger partial charge in [0, 0.05) is 36.0 Å². The number of benzene rings is 2. The molecule has 146 valence electrons. The lowest BCUT2D eigenvalue weighted by Gasteiger charge is -2.25. The number of fused-ring (bicyclic) bond motifs is 1. The average Bonchev–Trinajstić information content (AvgIpc) is 3.26. The van der Waals surface area contributed by atoms with Gasteiger partial charge < -0.3 is 10.0 Å². The Morgan fingerprint density at radius 3 is 2.41 bits per heavy atom. The lowest BCUT2D eigenvalue weighted by Crippen LogP contribution is -2.27. The number of hydrogen-bond acceptors (Lipinski definition) is 5. The van der Waals surface area contributed by atoms with Crippen molar-refractivity contribution < 1.29 is 9.90 Å². The highest BCUT2D eigenvalue weighted by molar-refractivity contribution is 6.01. The first-order valence-corrected chi connectivity index (χ1v) is 9.32. The summed E-state index contributed by atoms with van der Waals surface area (Å²) in [5, 5.41) is 16.4. The number of aromatic carboxylic acids is 1. The summed E-state index contributed by atoms with van der Waals surface area (Å²) in [7, 11) is 1.96.